The zero-order valence-corrected chi connectivity index (χ0v) is 18.1. The van der Waals surface area contributed by atoms with Crippen molar-refractivity contribution in [3.05, 3.63) is 48.5 Å². The Hall–Kier alpha value is -3.35. The predicted molar refractivity (Wildman–Crippen MR) is 115 cm³/mol. The van der Waals surface area contributed by atoms with Crippen LogP contribution in [-0.2, 0) is 14.2 Å². The summed E-state index contributed by atoms with van der Waals surface area (Å²) in [4.78, 5) is 31.2. The number of carbonyl (C=O) groups is 2. The van der Waals surface area contributed by atoms with Gasteiger partial charge in [0.25, 0.3) is 0 Å². The van der Waals surface area contributed by atoms with Crippen molar-refractivity contribution in [3.63, 3.8) is 0 Å². The van der Waals surface area contributed by atoms with E-state index in [0.29, 0.717) is 11.4 Å². The van der Waals surface area contributed by atoms with Crippen LogP contribution < -0.4 is 4.90 Å². The molecule has 0 aliphatic carbocycles. The number of hydrogen-bond acceptors (Lipinski definition) is 6. The van der Waals surface area contributed by atoms with Crippen molar-refractivity contribution in [3.8, 4) is 11.1 Å². The molecule has 1 heterocycles. The Morgan fingerprint density at radius 1 is 0.800 bits per heavy atom. The van der Waals surface area contributed by atoms with Gasteiger partial charge in [-0.25, -0.2) is 9.59 Å². The quantitative estimate of drug-likeness (QED) is 0.494. The van der Waals surface area contributed by atoms with Crippen molar-refractivity contribution in [2.75, 3.05) is 4.90 Å². The fraction of sp³-hybridized carbons (Fsp3) is 0.348. The lowest BCUT2D eigenvalue weighted by Gasteiger charge is -2.28. The Balaban J connectivity index is 2.14. The van der Waals surface area contributed by atoms with E-state index in [9.17, 15) is 9.59 Å². The molecule has 30 heavy (non-hydrogen) atoms. The Morgan fingerprint density at radius 2 is 1.37 bits per heavy atom. The van der Waals surface area contributed by atoms with Crippen molar-refractivity contribution >= 4 is 29.6 Å². The second-order valence-corrected chi connectivity index (χ2v) is 8.81. The fourth-order valence-electron chi connectivity index (χ4n) is 2.85. The molecular formula is C23H26N2O5. The predicted octanol–water partition coefficient (Wildman–Crippen LogP) is 6.05. The third kappa shape index (κ3) is 4.97. The normalized spacial score (nSPS) is 13.4. The average molecular weight is 410 g/mol. The van der Waals surface area contributed by atoms with Crippen molar-refractivity contribution < 1.29 is 23.8 Å². The van der Waals surface area contributed by atoms with E-state index in [4.69, 9.17) is 14.2 Å². The number of hydrogen-bond donors (Lipinski definition) is 0. The van der Waals surface area contributed by atoms with E-state index in [1.54, 1.807) is 59.7 Å². The fourth-order valence-corrected chi connectivity index (χ4v) is 2.85. The summed E-state index contributed by atoms with van der Waals surface area (Å²) in [6.07, 6.45) is -1.68. The van der Waals surface area contributed by atoms with Crippen molar-refractivity contribution in [2.24, 2.45) is 4.99 Å². The number of aliphatic imine (C=N–C) groups is 1. The molecule has 0 fully saturated rings. The lowest BCUT2D eigenvalue weighted by molar-refractivity contribution is 0.0173. The maximum atomic E-state index is 13.1. The second-order valence-electron chi connectivity index (χ2n) is 8.81. The molecule has 1 aliphatic heterocycles. The number of carbonyl (C=O) groups excluding carboxylic acids is 2. The summed E-state index contributed by atoms with van der Waals surface area (Å²) in [7, 11) is 0. The lowest BCUT2D eigenvalue weighted by atomic mass is 10.0. The van der Waals surface area contributed by atoms with Crippen molar-refractivity contribution in [1.29, 1.82) is 0 Å². The molecule has 0 spiro atoms. The summed E-state index contributed by atoms with van der Waals surface area (Å²) in [6, 6.07) is 14.4. The van der Waals surface area contributed by atoms with Crippen LogP contribution in [0.25, 0.3) is 11.1 Å². The summed E-state index contributed by atoms with van der Waals surface area (Å²) in [5.41, 5.74) is 1.06. The first-order chi connectivity index (χ1) is 13.9. The number of benzene rings is 2. The number of anilines is 1. The SMILES string of the molecule is CC(C)(C)OC(=O)OC1=Nc2ccccc2-c2ccccc2N1C(=O)OC(C)(C)C. The van der Waals surface area contributed by atoms with Crippen LogP contribution in [0, 0.1) is 0 Å². The van der Waals surface area contributed by atoms with Crippen LogP contribution in [0.1, 0.15) is 41.5 Å². The van der Waals surface area contributed by atoms with E-state index < -0.39 is 23.5 Å². The molecule has 0 N–H and O–H groups in total. The first kappa shape index (κ1) is 21.4. The second kappa shape index (κ2) is 7.82. The molecule has 158 valence electrons. The molecule has 2 aromatic rings. The van der Waals surface area contributed by atoms with E-state index in [2.05, 4.69) is 4.99 Å². The van der Waals surface area contributed by atoms with Crippen molar-refractivity contribution in [1.82, 2.24) is 0 Å². The molecule has 0 aromatic heterocycles. The van der Waals surface area contributed by atoms with Gasteiger partial charge in [-0.15, -0.1) is 0 Å². The van der Waals surface area contributed by atoms with Crippen LogP contribution in [0.5, 0.6) is 0 Å². The number of fused-ring (bicyclic) bond motifs is 3. The molecule has 7 heteroatoms. The number of rotatable bonds is 0. The smallest absolute Gasteiger partial charge is 0.443 e. The van der Waals surface area contributed by atoms with Crippen LogP contribution in [0.3, 0.4) is 0 Å². The van der Waals surface area contributed by atoms with Crippen LogP contribution in [0.2, 0.25) is 0 Å². The highest BCUT2D eigenvalue weighted by Crippen LogP contribution is 2.40. The number of para-hydroxylation sites is 2. The lowest BCUT2D eigenvalue weighted by Crippen LogP contribution is -2.43. The van der Waals surface area contributed by atoms with Crippen LogP contribution in [-0.4, -0.2) is 29.5 Å². The number of amidine groups is 1. The van der Waals surface area contributed by atoms with Crippen molar-refractivity contribution in [2.45, 2.75) is 52.7 Å². The number of nitrogens with zero attached hydrogens (tertiary/aromatic N) is 2. The highest BCUT2D eigenvalue weighted by atomic mass is 16.7. The largest absolute Gasteiger partial charge is 0.516 e. The maximum absolute atomic E-state index is 13.1. The van der Waals surface area contributed by atoms with Crippen LogP contribution in [0.4, 0.5) is 21.0 Å². The van der Waals surface area contributed by atoms with Gasteiger partial charge in [-0.05, 0) is 53.7 Å². The van der Waals surface area contributed by atoms with E-state index >= 15 is 0 Å². The Bertz CT molecular complexity index is 999. The molecule has 3 rings (SSSR count). The third-order valence-corrected chi connectivity index (χ3v) is 3.89. The van der Waals surface area contributed by atoms with E-state index in [1.807, 2.05) is 30.3 Å². The van der Waals surface area contributed by atoms with Gasteiger partial charge in [0.1, 0.15) is 11.2 Å². The molecule has 2 aromatic carbocycles. The zero-order valence-electron chi connectivity index (χ0n) is 18.1. The molecule has 0 radical (unpaired) electrons. The molecule has 0 unspecified atom stereocenters. The highest BCUT2D eigenvalue weighted by Gasteiger charge is 2.35. The van der Waals surface area contributed by atoms with Gasteiger partial charge in [0.2, 0.25) is 0 Å². The summed E-state index contributed by atoms with van der Waals surface area (Å²) < 4.78 is 16.3. The monoisotopic (exact) mass is 410 g/mol. The van der Waals surface area contributed by atoms with Crippen LogP contribution in [0.15, 0.2) is 53.5 Å². The third-order valence-electron chi connectivity index (χ3n) is 3.89. The first-order valence-electron chi connectivity index (χ1n) is 9.66. The van der Waals surface area contributed by atoms with Gasteiger partial charge in [0, 0.05) is 11.1 Å². The van der Waals surface area contributed by atoms with E-state index in [-0.39, 0.29) is 6.02 Å². The topological polar surface area (TPSA) is 77.4 Å². The van der Waals surface area contributed by atoms with Gasteiger partial charge in [-0.3, -0.25) is 0 Å². The molecule has 0 atom stereocenters. The minimum Gasteiger partial charge on any atom is -0.443 e. The minimum absolute atomic E-state index is 0.240. The molecule has 1 aliphatic rings. The molecular weight excluding hydrogens is 384 g/mol. The summed E-state index contributed by atoms with van der Waals surface area (Å²) in [5, 5.41) is 0. The molecule has 0 bridgehead atoms. The van der Waals surface area contributed by atoms with Gasteiger partial charge >= 0.3 is 18.3 Å². The number of ether oxygens (including phenoxy) is 3. The molecule has 1 amide bonds. The summed E-state index contributed by atoms with van der Waals surface area (Å²) in [6.45, 7) is 10.4. The highest BCUT2D eigenvalue weighted by molar-refractivity contribution is 6.17. The minimum atomic E-state index is -0.966. The zero-order chi connectivity index (χ0) is 22.1. The summed E-state index contributed by atoms with van der Waals surface area (Å²) >= 11 is 0. The average Bonchev–Trinajstić information content (AvgIpc) is 2.72. The van der Waals surface area contributed by atoms with Gasteiger partial charge < -0.3 is 14.2 Å². The molecule has 7 nitrogen and oxygen atoms in total. The first-order valence-corrected chi connectivity index (χ1v) is 9.66. The Morgan fingerprint density at radius 3 is 2.00 bits per heavy atom. The standard InChI is InChI=1S/C23H26N2O5/c1-22(2,3)29-20(26)25-18-14-10-8-12-16(18)15-11-7-9-13-17(15)24-19(25)28-21(27)30-23(4,5)6/h7-14H,1-6H3. The van der Waals surface area contributed by atoms with E-state index in [1.165, 1.54) is 0 Å². The van der Waals surface area contributed by atoms with Gasteiger partial charge in [-0.1, -0.05) is 36.4 Å². The Labute approximate surface area is 176 Å². The summed E-state index contributed by atoms with van der Waals surface area (Å²) in [5.74, 6) is 0. The van der Waals surface area contributed by atoms with Crippen LogP contribution >= 0.6 is 0 Å². The number of amides is 1. The molecule has 0 saturated heterocycles. The van der Waals surface area contributed by atoms with Gasteiger partial charge in [0.15, 0.2) is 0 Å². The Kier molecular flexibility index (Phi) is 5.57. The van der Waals surface area contributed by atoms with E-state index in [0.717, 1.165) is 16.0 Å². The van der Waals surface area contributed by atoms with Gasteiger partial charge in [-0.2, -0.15) is 9.89 Å². The van der Waals surface area contributed by atoms with Gasteiger partial charge in [0.05, 0.1) is 11.4 Å². The maximum Gasteiger partial charge on any atom is 0.516 e. The molecule has 0 saturated carbocycles.